The zero-order valence-corrected chi connectivity index (χ0v) is 17.4. The fourth-order valence-electron chi connectivity index (χ4n) is 2.72. The second-order valence-corrected chi connectivity index (χ2v) is 6.40. The van der Waals surface area contributed by atoms with Crippen molar-refractivity contribution in [2.75, 3.05) is 19.4 Å². The van der Waals surface area contributed by atoms with Gasteiger partial charge in [0, 0.05) is 20.6 Å². The number of hydrogen-bond acceptors (Lipinski definition) is 6. The number of aromatic hydroxyl groups is 1. The van der Waals surface area contributed by atoms with Crippen LogP contribution in [0.3, 0.4) is 0 Å². The van der Waals surface area contributed by atoms with Crippen molar-refractivity contribution >= 4 is 23.4 Å². The van der Waals surface area contributed by atoms with Crippen molar-refractivity contribution in [3.8, 4) is 5.75 Å². The summed E-state index contributed by atoms with van der Waals surface area (Å²) in [6.07, 6.45) is 0. The van der Waals surface area contributed by atoms with Gasteiger partial charge in [-0.2, -0.15) is 0 Å². The van der Waals surface area contributed by atoms with Crippen LogP contribution in [0, 0.1) is 0 Å². The number of carbonyl (C=O) groups is 3. The molecule has 0 saturated heterocycles. The van der Waals surface area contributed by atoms with Gasteiger partial charge in [0.15, 0.2) is 5.75 Å². The fraction of sp³-hybridized carbons (Fsp3) is 0.227. The minimum atomic E-state index is -0.621. The Bertz CT molecular complexity index is 968. The van der Waals surface area contributed by atoms with E-state index in [4.69, 9.17) is 0 Å². The van der Waals surface area contributed by atoms with Crippen molar-refractivity contribution in [1.82, 2.24) is 15.5 Å². The molecule has 0 unspecified atom stereocenters. The van der Waals surface area contributed by atoms with E-state index < -0.39 is 11.8 Å². The van der Waals surface area contributed by atoms with E-state index in [1.54, 1.807) is 20.2 Å². The van der Waals surface area contributed by atoms with Crippen molar-refractivity contribution < 1.29 is 19.5 Å². The highest BCUT2D eigenvalue weighted by molar-refractivity contribution is 6.20. The van der Waals surface area contributed by atoms with Crippen LogP contribution < -0.4 is 16.0 Å². The van der Waals surface area contributed by atoms with Gasteiger partial charge < -0.3 is 20.6 Å². The highest BCUT2D eigenvalue weighted by Crippen LogP contribution is 2.30. The first kappa shape index (κ1) is 22.5. The number of amides is 3. The van der Waals surface area contributed by atoms with Gasteiger partial charge in [0.25, 0.3) is 17.7 Å². The lowest BCUT2D eigenvalue weighted by molar-refractivity contribution is -0.124. The minimum Gasteiger partial charge on any atom is -0.505 e. The summed E-state index contributed by atoms with van der Waals surface area (Å²) in [4.78, 5) is 37.8. The lowest BCUT2D eigenvalue weighted by Crippen LogP contribution is -2.27. The van der Waals surface area contributed by atoms with E-state index >= 15 is 0 Å². The Balaban J connectivity index is 0.00000155. The number of imide groups is 1. The molecule has 0 aromatic heterocycles. The number of carbonyl (C=O) groups excluding carboxylic acids is 3. The molecule has 1 heterocycles. The summed E-state index contributed by atoms with van der Waals surface area (Å²) < 4.78 is 0. The van der Waals surface area contributed by atoms with E-state index in [0.29, 0.717) is 6.54 Å². The third kappa shape index (κ3) is 4.96. The van der Waals surface area contributed by atoms with E-state index in [9.17, 15) is 19.5 Å². The molecular weight excluding hydrogens is 384 g/mol. The molecule has 2 aromatic carbocycles. The van der Waals surface area contributed by atoms with Crippen LogP contribution in [0.2, 0.25) is 0 Å². The number of hydrogen-bond donors (Lipinski definition) is 4. The molecule has 0 spiro atoms. The van der Waals surface area contributed by atoms with E-state index in [-0.39, 0.29) is 34.3 Å². The first-order chi connectivity index (χ1) is 14.4. The van der Waals surface area contributed by atoms with Crippen molar-refractivity contribution in [2.24, 2.45) is 0 Å². The Labute approximate surface area is 175 Å². The number of nitrogens with one attached hydrogen (secondary N) is 3. The van der Waals surface area contributed by atoms with Crippen LogP contribution in [0.25, 0.3) is 0 Å². The predicted octanol–water partition coefficient (Wildman–Crippen LogP) is 2.19. The smallest absolute Gasteiger partial charge is 0.276 e. The Morgan fingerprint density at radius 1 is 0.967 bits per heavy atom. The van der Waals surface area contributed by atoms with Crippen LogP contribution in [0.15, 0.2) is 59.9 Å². The molecule has 0 fully saturated rings. The predicted molar refractivity (Wildman–Crippen MR) is 115 cm³/mol. The lowest BCUT2D eigenvalue weighted by Gasteiger charge is -2.15. The largest absolute Gasteiger partial charge is 0.505 e. The first-order valence-electron chi connectivity index (χ1n) is 9.57. The number of phenols is 1. The normalized spacial score (nSPS) is 12.7. The van der Waals surface area contributed by atoms with Gasteiger partial charge in [-0.1, -0.05) is 50.2 Å². The molecule has 30 heavy (non-hydrogen) atoms. The molecule has 8 nitrogen and oxygen atoms in total. The third-order valence-electron chi connectivity index (χ3n) is 4.18. The van der Waals surface area contributed by atoms with Crippen molar-refractivity contribution in [2.45, 2.75) is 20.4 Å². The van der Waals surface area contributed by atoms with Crippen LogP contribution in [0.4, 0.5) is 5.69 Å². The van der Waals surface area contributed by atoms with Gasteiger partial charge in [0.2, 0.25) is 0 Å². The lowest BCUT2D eigenvalue weighted by atomic mass is 10.1. The summed E-state index contributed by atoms with van der Waals surface area (Å²) in [6.45, 7) is 4.34. The van der Waals surface area contributed by atoms with Crippen molar-refractivity contribution in [3.63, 3.8) is 0 Å². The van der Waals surface area contributed by atoms with Gasteiger partial charge >= 0.3 is 0 Å². The van der Waals surface area contributed by atoms with Crippen LogP contribution in [-0.2, 0) is 16.1 Å². The fourth-order valence-corrected chi connectivity index (χ4v) is 2.72. The van der Waals surface area contributed by atoms with Gasteiger partial charge in [-0.15, -0.1) is 0 Å². The SMILES string of the molecule is CC.CN(C)C(=O)c1cccc(NC2=C(NCc3ccccc3)C(=O)NC2=O)c1O. The summed E-state index contributed by atoms with van der Waals surface area (Å²) in [7, 11) is 3.14. The summed E-state index contributed by atoms with van der Waals surface area (Å²) >= 11 is 0. The van der Waals surface area contributed by atoms with Crippen LogP contribution in [-0.4, -0.2) is 41.8 Å². The van der Waals surface area contributed by atoms with E-state index in [1.807, 2.05) is 44.2 Å². The van der Waals surface area contributed by atoms with Gasteiger partial charge in [0.1, 0.15) is 11.4 Å². The Morgan fingerprint density at radius 2 is 1.60 bits per heavy atom. The molecule has 0 saturated carbocycles. The molecule has 158 valence electrons. The second-order valence-electron chi connectivity index (χ2n) is 6.40. The van der Waals surface area contributed by atoms with E-state index in [1.165, 1.54) is 17.0 Å². The second kappa shape index (κ2) is 10.1. The standard InChI is InChI=1S/C20H20N4O4.C2H6/c1-24(2)20(28)13-9-6-10-14(17(13)25)22-16-15(18(26)23-19(16)27)21-11-12-7-4-3-5-8-12;1-2/h3-10,25H,11H2,1-2H3,(H3,21,22,23,26,27);1-2H3. The number of phenolic OH excluding ortho intramolecular Hbond substituents is 1. The quantitative estimate of drug-likeness (QED) is 0.429. The highest BCUT2D eigenvalue weighted by atomic mass is 16.3. The molecule has 0 radical (unpaired) electrons. The molecule has 1 aliphatic heterocycles. The van der Waals surface area contributed by atoms with E-state index in [0.717, 1.165) is 5.56 Å². The Hall–Kier alpha value is -3.81. The maximum Gasteiger partial charge on any atom is 0.276 e. The average molecular weight is 410 g/mol. The highest BCUT2D eigenvalue weighted by Gasteiger charge is 2.31. The Morgan fingerprint density at radius 3 is 2.23 bits per heavy atom. The van der Waals surface area contributed by atoms with Gasteiger partial charge in [-0.3, -0.25) is 19.7 Å². The number of nitrogens with zero attached hydrogens (tertiary/aromatic N) is 1. The molecule has 3 amide bonds. The zero-order valence-electron chi connectivity index (χ0n) is 17.4. The molecule has 0 bridgehead atoms. The molecule has 0 atom stereocenters. The average Bonchev–Trinajstić information content (AvgIpc) is 3.02. The van der Waals surface area contributed by atoms with Crippen LogP contribution >= 0.6 is 0 Å². The van der Waals surface area contributed by atoms with Crippen molar-refractivity contribution in [1.29, 1.82) is 0 Å². The third-order valence-corrected chi connectivity index (χ3v) is 4.18. The number of anilines is 1. The van der Waals surface area contributed by atoms with Crippen LogP contribution in [0.1, 0.15) is 29.8 Å². The molecule has 3 rings (SSSR count). The molecule has 4 N–H and O–H groups in total. The molecule has 0 aliphatic carbocycles. The van der Waals surface area contributed by atoms with Crippen LogP contribution in [0.5, 0.6) is 5.75 Å². The number of para-hydroxylation sites is 1. The maximum absolute atomic E-state index is 12.2. The maximum atomic E-state index is 12.2. The molecule has 1 aliphatic rings. The molecule has 2 aromatic rings. The summed E-state index contributed by atoms with van der Waals surface area (Å²) in [6, 6.07) is 14.0. The minimum absolute atomic E-state index is 0.0225. The summed E-state index contributed by atoms with van der Waals surface area (Å²) in [5.41, 5.74) is 1.21. The summed E-state index contributed by atoms with van der Waals surface area (Å²) in [5.74, 6) is -1.87. The first-order valence-corrected chi connectivity index (χ1v) is 9.57. The van der Waals surface area contributed by atoms with E-state index in [2.05, 4.69) is 16.0 Å². The summed E-state index contributed by atoms with van der Waals surface area (Å²) in [5, 5.41) is 18.4. The zero-order chi connectivity index (χ0) is 22.3. The monoisotopic (exact) mass is 410 g/mol. The van der Waals surface area contributed by atoms with Gasteiger partial charge in [0.05, 0.1) is 11.3 Å². The number of benzene rings is 2. The Kier molecular flexibility index (Phi) is 7.57. The molecule has 8 heteroatoms. The topological polar surface area (TPSA) is 111 Å². The number of rotatable bonds is 6. The van der Waals surface area contributed by atoms with Gasteiger partial charge in [-0.05, 0) is 17.7 Å². The van der Waals surface area contributed by atoms with Gasteiger partial charge in [-0.25, -0.2) is 0 Å². The molecular formula is C22H26N4O4. The van der Waals surface area contributed by atoms with Crippen molar-refractivity contribution in [3.05, 3.63) is 71.1 Å².